The number of halogens is 2. The molecular weight excluding hydrogens is 295 g/mol. The third-order valence-electron chi connectivity index (χ3n) is 2.87. The molecule has 1 aromatic heterocycles. The Balaban J connectivity index is 2.15. The Kier molecular flexibility index (Phi) is 3.34. The number of rotatable bonds is 2. The van der Waals surface area contributed by atoms with Crippen molar-refractivity contribution in [2.24, 2.45) is 0 Å². The van der Waals surface area contributed by atoms with E-state index in [2.05, 4.69) is 10.3 Å². The van der Waals surface area contributed by atoms with Gasteiger partial charge in [-0.15, -0.1) is 5.10 Å². The minimum atomic E-state index is 0.546. The first-order chi connectivity index (χ1) is 9.65. The van der Waals surface area contributed by atoms with E-state index in [-0.39, 0.29) is 0 Å². The number of aromatic nitrogens is 3. The maximum atomic E-state index is 6.23. The summed E-state index contributed by atoms with van der Waals surface area (Å²) in [6, 6.07) is 12.7. The third-order valence-corrected chi connectivity index (χ3v) is 3.42. The van der Waals surface area contributed by atoms with Gasteiger partial charge in [-0.3, -0.25) is 0 Å². The van der Waals surface area contributed by atoms with Crippen LogP contribution >= 0.6 is 23.2 Å². The maximum absolute atomic E-state index is 6.23. The molecule has 0 spiro atoms. The van der Waals surface area contributed by atoms with Gasteiger partial charge in [-0.25, -0.2) is 4.68 Å². The number of hydrogen-bond donors (Lipinski definition) is 1. The number of nitrogens with two attached hydrogens (primary N) is 1. The monoisotopic (exact) mass is 304 g/mol. The second kappa shape index (κ2) is 5.15. The topological polar surface area (TPSA) is 56.7 Å². The molecule has 0 saturated carbocycles. The van der Waals surface area contributed by atoms with Crippen LogP contribution in [-0.4, -0.2) is 15.0 Å². The Morgan fingerprint density at radius 1 is 1.05 bits per heavy atom. The predicted octanol–water partition coefficient (Wildman–Crippen LogP) is 3.82. The van der Waals surface area contributed by atoms with Gasteiger partial charge >= 0.3 is 0 Å². The first-order valence-electron chi connectivity index (χ1n) is 5.87. The summed E-state index contributed by atoms with van der Waals surface area (Å²) in [7, 11) is 0. The summed E-state index contributed by atoms with van der Waals surface area (Å²) in [5.74, 6) is 0. The number of benzene rings is 2. The molecule has 0 atom stereocenters. The van der Waals surface area contributed by atoms with E-state index in [0.717, 1.165) is 16.9 Å². The van der Waals surface area contributed by atoms with E-state index in [9.17, 15) is 0 Å². The average Bonchev–Trinajstić information content (AvgIpc) is 2.87. The Labute approximate surface area is 125 Å². The van der Waals surface area contributed by atoms with Gasteiger partial charge in [0.2, 0.25) is 0 Å². The fraction of sp³-hybridized carbons (Fsp3) is 0. The first-order valence-corrected chi connectivity index (χ1v) is 6.63. The number of anilines is 1. The summed E-state index contributed by atoms with van der Waals surface area (Å²) in [5, 5.41) is 9.17. The number of nitrogen functional groups attached to an aromatic ring is 1. The van der Waals surface area contributed by atoms with Crippen LogP contribution in [0.15, 0.2) is 48.7 Å². The van der Waals surface area contributed by atoms with E-state index in [0.29, 0.717) is 15.7 Å². The molecule has 2 aromatic carbocycles. The summed E-state index contributed by atoms with van der Waals surface area (Å²) >= 11 is 12.2. The van der Waals surface area contributed by atoms with Gasteiger partial charge in [0, 0.05) is 16.3 Å². The molecule has 3 rings (SSSR count). The van der Waals surface area contributed by atoms with Gasteiger partial charge in [-0.1, -0.05) is 34.5 Å². The lowest BCUT2D eigenvalue weighted by molar-refractivity contribution is 0.808. The van der Waals surface area contributed by atoms with E-state index in [4.69, 9.17) is 28.9 Å². The van der Waals surface area contributed by atoms with Crippen molar-refractivity contribution < 1.29 is 0 Å². The maximum Gasteiger partial charge on any atom is 0.0959 e. The van der Waals surface area contributed by atoms with Crippen LogP contribution in [0.5, 0.6) is 0 Å². The molecule has 6 heteroatoms. The molecule has 3 aromatic rings. The summed E-state index contributed by atoms with van der Waals surface area (Å²) in [4.78, 5) is 0. The molecule has 0 radical (unpaired) electrons. The van der Waals surface area contributed by atoms with Crippen molar-refractivity contribution in [2.75, 3.05) is 5.73 Å². The normalized spacial score (nSPS) is 10.7. The van der Waals surface area contributed by atoms with Crippen molar-refractivity contribution in [1.82, 2.24) is 15.0 Å². The zero-order valence-corrected chi connectivity index (χ0v) is 11.8. The molecule has 100 valence electrons. The highest BCUT2D eigenvalue weighted by atomic mass is 35.5. The highest BCUT2D eigenvalue weighted by Gasteiger charge is 2.12. The number of nitrogens with zero attached hydrogens (tertiary/aromatic N) is 3. The van der Waals surface area contributed by atoms with Crippen LogP contribution in [0.4, 0.5) is 5.69 Å². The second-order valence-corrected chi connectivity index (χ2v) is 5.09. The molecular formula is C14H10Cl2N4. The Hall–Kier alpha value is -2.04. The Bertz CT molecular complexity index is 767. The van der Waals surface area contributed by atoms with Crippen LogP contribution in [-0.2, 0) is 0 Å². The Morgan fingerprint density at radius 2 is 1.90 bits per heavy atom. The predicted molar refractivity (Wildman–Crippen MR) is 81.2 cm³/mol. The van der Waals surface area contributed by atoms with Gasteiger partial charge < -0.3 is 5.73 Å². The van der Waals surface area contributed by atoms with Gasteiger partial charge in [0.1, 0.15) is 0 Å². The van der Waals surface area contributed by atoms with Crippen LogP contribution in [0, 0.1) is 0 Å². The van der Waals surface area contributed by atoms with E-state index in [1.807, 2.05) is 30.3 Å². The van der Waals surface area contributed by atoms with Crippen molar-refractivity contribution in [2.45, 2.75) is 0 Å². The molecule has 0 aliphatic heterocycles. The zero-order chi connectivity index (χ0) is 14.1. The minimum absolute atomic E-state index is 0.546. The molecule has 0 unspecified atom stereocenters. The quantitative estimate of drug-likeness (QED) is 0.732. The fourth-order valence-electron chi connectivity index (χ4n) is 1.96. The molecule has 0 fully saturated rings. The summed E-state index contributed by atoms with van der Waals surface area (Å²) in [5.41, 5.74) is 8.86. The van der Waals surface area contributed by atoms with E-state index < -0.39 is 0 Å². The van der Waals surface area contributed by atoms with Crippen molar-refractivity contribution in [3.8, 4) is 16.9 Å². The van der Waals surface area contributed by atoms with Gasteiger partial charge in [0.15, 0.2) is 0 Å². The molecule has 0 saturated heterocycles. The van der Waals surface area contributed by atoms with E-state index in [1.165, 1.54) is 0 Å². The molecule has 4 nitrogen and oxygen atoms in total. The standard InChI is InChI=1S/C14H10Cl2N4/c15-9-4-5-12(13(16)6-9)14-8-18-19-20(14)11-3-1-2-10(17)7-11/h1-8H,17H2. The molecule has 0 aliphatic carbocycles. The highest BCUT2D eigenvalue weighted by Crippen LogP contribution is 2.31. The molecule has 0 aliphatic rings. The second-order valence-electron chi connectivity index (χ2n) is 4.25. The average molecular weight is 305 g/mol. The van der Waals surface area contributed by atoms with Crippen LogP contribution in [0.25, 0.3) is 16.9 Å². The molecule has 2 N–H and O–H groups in total. The van der Waals surface area contributed by atoms with E-state index in [1.54, 1.807) is 23.0 Å². The smallest absolute Gasteiger partial charge is 0.0959 e. The van der Waals surface area contributed by atoms with Gasteiger partial charge in [-0.2, -0.15) is 0 Å². The van der Waals surface area contributed by atoms with Crippen LogP contribution in [0.3, 0.4) is 0 Å². The van der Waals surface area contributed by atoms with Crippen LogP contribution < -0.4 is 5.73 Å². The lowest BCUT2D eigenvalue weighted by atomic mass is 10.1. The lowest BCUT2D eigenvalue weighted by Gasteiger charge is -2.08. The molecule has 0 bridgehead atoms. The lowest BCUT2D eigenvalue weighted by Crippen LogP contribution is -2.00. The van der Waals surface area contributed by atoms with Crippen LogP contribution in [0.2, 0.25) is 10.0 Å². The SMILES string of the molecule is Nc1cccc(-n2nncc2-c2ccc(Cl)cc2Cl)c1. The Morgan fingerprint density at radius 3 is 2.65 bits per heavy atom. The fourth-order valence-corrected chi connectivity index (χ4v) is 2.47. The molecule has 1 heterocycles. The zero-order valence-electron chi connectivity index (χ0n) is 10.3. The van der Waals surface area contributed by atoms with Crippen molar-refractivity contribution in [3.05, 3.63) is 58.7 Å². The first kappa shape index (κ1) is 13.0. The number of hydrogen-bond acceptors (Lipinski definition) is 3. The van der Waals surface area contributed by atoms with Crippen LogP contribution in [0.1, 0.15) is 0 Å². The molecule has 20 heavy (non-hydrogen) atoms. The minimum Gasteiger partial charge on any atom is -0.399 e. The largest absolute Gasteiger partial charge is 0.399 e. The summed E-state index contributed by atoms with van der Waals surface area (Å²) in [6.45, 7) is 0. The van der Waals surface area contributed by atoms with Crippen molar-refractivity contribution in [3.63, 3.8) is 0 Å². The summed E-state index contributed by atoms with van der Waals surface area (Å²) in [6.07, 6.45) is 1.65. The van der Waals surface area contributed by atoms with Gasteiger partial charge in [0.25, 0.3) is 0 Å². The van der Waals surface area contributed by atoms with Crippen molar-refractivity contribution in [1.29, 1.82) is 0 Å². The highest BCUT2D eigenvalue weighted by molar-refractivity contribution is 6.36. The van der Waals surface area contributed by atoms with E-state index >= 15 is 0 Å². The van der Waals surface area contributed by atoms with Gasteiger partial charge in [0.05, 0.1) is 22.6 Å². The molecule has 0 amide bonds. The van der Waals surface area contributed by atoms with Crippen molar-refractivity contribution >= 4 is 28.9 Å². The van der Waals surface area contributed by atoms with Gasteiger partial charge in [-0.05, 0) is 36.4 Å². The third kappa shape index (κ3) is 2.35. The summed E-state index contributed by atoms with van der Waals surface area (Å²) < 4.78 is 1.69.